The highest BCUT2D eigenvalue weighted by molar-refractivity contribution is 9.10. The van der Waals surface area contributed by atoms with Gasteiger partial charge >= 0.3 is 0 Å². The number of nitrogens with one attached hydrogen (secondary N) is 1. The lowest BCUT2D eigenvalue weighted by atomic mass is 10.1. The van der Waals surface area contributed by atoms with E-state index in [1.807, 2.05) is 45.0 Å². The Hall–Kier alpha value is -1.55. The maximum atomic E-state index is 12.2. The third-order valence-electron chi connectivity index (χ3n) is 2.92. The molecule has 0 spiro atoms. The molecule has 0 saturated heterocycles. The van der Waals surface area contributed by atoms with Gasteiger partial charge in [0.05, 0.1) is 5.56 Å². The first-order valence-electron chi connectivity index (χ1n) is 5.72. The smallest absolute Gasteiger partial charge is 0.267 e. The number of rotatable bonds is 2. The molecule has 1 aromatic heterocycles. The van der Waals surface area contributed by atoms with Crippen molar-refractivity contribution in [3.8, 4) is 0 Å². The second-order valence-electron chi connectivity index (χ2n) is 4.33. The summed E-state index contributed by atoms with van der Waals surface area (Å²) in [5.74, 6) is -0.118. The van der Waals surface area contributed by atoms with Crippen molar-refractivity contribution in [3.05, 3.63) is 57.3 Å². The molecule has 0 aliphatic carbocycles. The summed E-state index contributed by atoms with van der Waals surface area (Å²) in [7, 11) is 0. The van der Waals surface area contributed by atoms with Gasteiger partial charge in [-0.25, -0.2) is 0 Å². The first kappa shape index (κ1) is 12.9. The zero-order valence-corrected chi connectivity index (χ0v) is 12.2. The molecular weight excluding hydrogens is 292 g/mol. The Bertz CT molecular complexity index is 582. The van der Waals surface area contributed by atoms with Crippen molar-refractivity contribution in [3.63, 3.8) is 0 Å². The molecule has 2 aromatic rings. The third kappa shape index (κ3) is 2.34. The van der Waals surface area contributed by atoms with E-state index in [1.165, 1.54) is 0 Å². The number of hydrogen-bond donors (Lipinski definition) is 1. The van der Waals surface area contributed by atoms with Gasteiger partial charge in [0.15, 0.2) is 0 Å². The quantitative estimate of drug-likeness (QED) is 0.904. The lowest BCUT2D eigenvalue weighted by Crippen LogP contribution is -2.25. The van der Waals surface area contributed by atoms with Crippen molar-refractivity contribution in [2.75, 3.05) is 5.43 Å². The standard InChI is InChI=1S/C14H15BrN2O/c1-9-5-4-6-12(13(9)15)14(18)16-17-10(2)7-8-11(17)3/h4-8H,1-3H3,(H,16,18). The van der Waals surface area contributed by atoms with Crippen molar-refractivity contribution in [1.82, 2.24) is 4.68 Å². The first-order chi connectivity index (χ1) is 8.50. The number of benzene rings is 1. The van der Waals surface area contributed by atoms with Gasteiger partial charge in [0, 0.05) is 15.9 Å². The largest absolute Gasteiger partial charge is 0.271 e. The van der Waals surface area contributed by atoms with E-state index in [4.69, 9.17) is 0 Å². The molecule has 0 bridgehead atoms. The second kappa shape index (κ2) is 4.98. The monoisotopic (exact) mass is 306 g/mol. The van der Waals surface area contributed by atoms with Crippen LogP contribution in [0.3, 0.4) is 0 Å². The molecule has 3 nitrogen and oxygen atoms in total. The fraction of sp³-hybridized carbons (Fsp3) is 0.214. The molecule has 18 heavy (non-hydrogen) atoms. The maximum Gasteiger partial charge on any atom is 0.271 e. The van der Waals surface area contributed by atoms with Crippen LogP contribution in [0.2, 0.25) is 0 Å². The average molecular weight is 307 g/mol. The lowest BCUT2D eigenvalue weighted by molar-refractivity contribution is 0.101. The molecule has 0 aliphatic rings. The summed E-state index contributed by atoms with van der Waals surface area (Å²) in [6.07, 6.45) is 0. The van der Waals surface area contributed by atoms with Crippen molar-refractivity contribution in [1.29, 1.82) is 0 Å². The summed E-state index contributed by atoms with van der Waals surface area (Å²) >= 11 is 3.45. The summed E-state index contributed by atoms with van der Waals surface area (Å²) in [4.78, 5) is 12.2. The maximum absolute atomic E-state index is 12.2. The minimum absolute atomic E-state index is 0.118. The van der Waals surface area contributed by atoms with Crippen LogP contribution in [0.4, 0.5) is 0 Å². The predicted molar refractivity (Wildman–Crippen MR) is 76.5 cm³/mol. The molecule has 1 N–H and O–H groups in total. The molecule has 0 saturated carbocycles. The highest BCUT2D eigenvalue weighted by Gasteiger charge is 2.12. The van der Waals surface area contributed by atoms with E-state index < -0.39 is 0 Å². The van der Waals surface area contributed by atoms with E-state index in [0.717, 1.165) is 21.4 Å². The van der Waals surface area contributed by atoms with Crippen LogP contribution >= 0.6 is 15.9 Å². The van der Waals surface area contributed by atoms with Gasteiger partial charge in [0.25, 0.3) is 5.91 Å². The van der Waals surface area contributed by atoms with E-state index in [1.54, 1.807) is 10.7 Å². The van der Waals surface area contributed by atoms with Crippen molar-refractivity contribution >= 4 is 21.8 Å². The number of halogens is 1. The highest BCUT2D eigenvalue weighted by atomic mass is 79.9. The van der Waals surface area contributed by atoms with Crippen molar-refractivity contribution in [2.24, 2.45) is 0 Å². The Morgan fingerprint density at radius 1 is 1.11 bits per heavy atom. The van der Waals surface area contributed by atoms with E-state index in [0.29, 0.717) is 5.56 Å². The molecule has 0 unspecified atom stereocenters. The zero-order chi connectivity index (χ0) is 13.3. The van der Waals surface area contributed by atoms with Gasteiger partial charge in [-0.05, 0) is 60.5 Å². The minimum Gasteiger partial charge on any atom is -0.267 e. The van der Waals surface area contributed by atoms with E-state index >= 15 is 0 Å². The van der Waals surface area contributed by atoms with Crippen LogP contribution in [0.15, 0.2) is 34.8 Å². The Morgan fingerprint density at radius 2 is 1.72 bits per heavy atom. The minimum atomic E-state index is -0.118. The van der Waals surface area contributed by atoms with E-state index in [9.17, 15) is 4.79 Å². The van der Waals surface area contributed by atoms with Gasteiger partial charge in [-0.1, -0.05) is 12.1 Å². The molecule has 1 amide bonds. The van der Waals surface area contributed by atoms with E-state index in [2.05, 4.69) is 21.4 Å². The number of aryl methyl sites for hydroxylation is 3. The molecule has 1 heterocycles. The summed E-state index contributed by atoms with van der Waals surface area (Å²) in [6, 6.07) is 9.60. The van der Waals surface area contributed by atoms with E-state index in [-0.39, 0.29) is 5.91 Å². The summed E-state index contributed by atoms with van der Waals surface area (Å²) in [5.41, 5.74) is 6.59. The first-order valence-corrected chi connectivity index (χ1v) is 6.51. The third-order valence-corrected chi connectivity index (χ3v) is 3.97. The Kier molecular flexibility index (Phi) is 3.57. The normalized spacial score (nSPS) is 10.4. The fourth-order valence-electron chi connectivity index (χ4n) is 1.83. The summed E-state index contributed by atoms with van der Waals surface area (Å²) in [6.45, 7) is 5.88. The molecule has 1 aromatic carbocycles. The van der Waals surface area contributed by atoms with Gasteiger partial charge in [-0.3, -0.25) is 14.9 Å². The SMILES string of the molecule is Cc1cccc(C(=O)Nn2c(C)ccc2C)c1Br. The van der Waals surface area contributed by atoms with Crippen LogP contribution < -0.4 is 5.43 Å². The van der Waals surface area contributed by atoms with Crippen molar-refractivity contribution < 1.29 is 4.79 Å². The van der Waals surface area contributed by atoms with Gasteiger partial charge in [0.1, 0.15) is 0 Å². The fourth-order valence-corrected chi connectivity index (χ4v) is 2.27. The molecule has 4 heteroatoms. The van der Waals surface area contributed by atoms with Gasteiger partial charge < -0.3 is 0 Å². The summed E-state index contributed by atoms with van der Waals surface area (Å²) in [5, 5.41) is 0. The van der Waals surface area contributed by atoms with Gasteiger partial charge in [0.2, 0.25) is 0 Å². The Morgan fingerprint density at radius 3 is 2.33 bits per heavy atom. The van der Waals surface area contributed by atoms with Crippen LogP contribution in [-0.4, -0.2) is 10.6 Å². The number of nitrogens with zero attached hydrogens (tertiary/aromatic N) is 1. The predicted octanol–water partition coefficient (Wildman–Crippen LogP) is 3.56. The molecule has 0 atom stereocenters. The number of aromatic nitrogens is 1. The number of carbonyl (C=O) groups excluding carboxylic acids is 1. The van der Waals surface area contributed by atoms with Gasteiger partial charge in [-0.15, -0.1) is 0 Å². The van der Waals surface area contributed by atoms with Crippen LogP contribution in [0.5, 0.6) is 0 Å². The molecule has 0 aliphatic heterocycles. The highest BCUT2D eigenvalue weighted by Crippen LogP contribution is 2.21. The molecule has 94 valence electrons. The Balaban J connectivity index is 2.31. The van der Waals surface area contributed by atoms with Crippen LogP contribution in [0, 0.1) is 20.8 Å². The number of carbonyl (C=O) groups is 1. The molecular formula is C14H15BrN2O. The summed E-state index contributed by atoms with van der Waals surface area (Å²) < 4.78 is 2.63. The number of hydrogen-bond acceptors (Lipinski definition) is 1. The molecule has 0 radical (unpaired) electrons. The van der Waals surface area contributed by atoms with Crippen LogP contribution in [-0.2, 0) is 0 Å². The zero-order valence-electron chi connectivity index (χ0n) is 10.6. The molecule has 2 rings (SSSR count). The average Bonchev–Trinajstić information content (AvgIpc) is 2.64. The van der Waals surface area contributed by atoms with Crippen LogP contribution in [0.1, 0.15) is 27.3 Å². The molecule has 0 fully saturated rings. The second-order valence-corrected chi connectivity index (χ2v) is 5.12. The van der Waals surface area contributed by atoms with Crippen molar-refractivity contribution in [2.45, 2.75) is 20.8 Å². The topological polar surface area (TPSA) is 34.0 Å². The lowest BCUT2D eigenvalue weighted by Gasteiger charge is -2.12. The van der Waals surface area contributed by atoms with Crippen LogP contribution in [0.25, 0.3) is 0 Å². The number of amides is 1. The Labute approximate surface area is 115 Å². The van der Waals surface area contributed by atoms with Gasteiger partial charge in [-0.2, -0.15) is 0 Å².